The van der Waals surface area contributed by atoms with Gasteiger partial charge in [-0.3, -0.25) is 4.90 Å². The van der Waals surface area contributed by atoms with Gasteiger partial charge in [-0.05, 0) is 57.6 Å². The third-order valence-corrected chi connectivity index (χ3v) is 5.74. The van der Waals surface area contributed by atoms with Crippen molar-refractivity contribution in [2.75, 3.05) is 19.6 Å². The maximum atomic E-state index is 14.5. The van der Waals surface area contributed by atoms with Crippen LogP contribution < -0.4 is 0 Å². The van der Waals surface area contributed by atoms with Gasteiger partial charge >= 0.3 is 0 Å². The van der Waals surface area contributed by atoms with Gasteiger partial charge in [0, 0.05) is 43.3 Å². The molecule has 0 spiro atoms. The monoisotopic (exact) mass is 362 g/mol. The van der Waals surface area contributed by atoms with Gasteiger partial charge in [0.2, 0.25) is 0 Å². The molecule has 5 heteroatoms. The third-order valence-electron chi connectivity index (χ3n) is 5.74. The normalized spacial score (nSPS) is 24.2. The molecule has 1 aliphatic heterocycles. The van der Waals surface area contributed by atoms with Crippen LogP contribution in [0.3, 0.4) is 0 Å². The van der Waals surface area contributed by atoms with Crippen molar-refractivity contribution >= 4 is 10.9 Å². The predicted molar refractivity (Wildman–Crippen MR) is 99.6 cm³/mol. The van der Waals surface area contributed by atoms with Crippen LogP contribution >= 0.6 is 0 Å². The number of fused-ring (bicyclic) bond motifs is 3. The Labute approximate surface area is 153 Å². The molecule has 0 amide bonds. The van der Waals surface area contributed by atoms with E-state index in [1.807, 2.05) is 0 Å². The molecule has 2 aromatic rings. The Bertz CT molecular complexity index is 791. The number of aromatic nitrogens is 1. The van der Waals surface area contributed by atoms with E-state index in [-0.39, 0.29) is 12.2 Å². The smallest absolute Gasteiger partial charge is 0.135 e. The summed E-state index contributed by atoms with van der Waals surface area (Å²) in [5.74, 6) is -0.894. The Balaban J connectivity index is 1.56. The van der Waals surface area contributed by atoms with Crippen molar-refractivity contribution in [3.8, 4) is 0 Å². The molecule has 0 radical (unpaired) electrons. The fourth-order valence-corrected chi connectivity index (χ4v) is 4.85. The summed E-state index contributed by atoms with van der Waals surface area (Å²) in [4.78, 5) is 2.44. The van der Waals surface area contributed by atoms with Gasteiger partial charge in [-0.2, -0.15) is 0 Å². The number of halogens is 2. The Kier molecular flexibility index (Phi) is 5.02. The number of rotatable bonds is 4. The summed E-state index contributed by atoms with van der Waals surface area (Å²) in [6.45, 7) is 7.95. The summed E-state index contributed by atoms with van der Waals surface area (Å²) < 4.78 is 36.3. The zero-order valence-electron chi connectivity index (χ0n) is 15.7. The lowest BCUT2D eigenvalue weighted by molar-refractivity contribution is -0.0682. The maximum absolute atomic E-state index is 14.5. The highest BCUT2D eigenvalue weighted by molar-refractivity contribution is 5.86. The van der Waals surface area contributed by atoms with Crippen LogP contribution in [0.2, 0.25) is 0 Å². The summed E-state index contributed by atoms with van der Waals surface area (Å²) in [7, 11) is 0. The van der Waals surface area contributed by atoms with E-state index in [4.69, 9.17) is 4.74 Å². The maximum Gasteiger partial charge on any atom is 0.135 e. The van der Waals surface area contributed by atoms with Gasteiger partial charge in [-0.25, -0.2) is 8.78 Å². The number of hydrogen-bond acceptors (Lipinski definition) is 2. The molecule has 3 nitrogen and oxygen atoms in total. The topological polar surface area (TPSA) is 17.4 Å². The summed E-state index contributed by atoms with van der Waals surface area (Å²) in [5, 5.41) is 0.648. The Hall–Kier alpha value is -1.46. The van der Waals surface area contributed by atoms with Gasteiger partial charge in [0.15, 0.2) is 0 Å². The van der Waals surface area contributed by atoms with Crippen molar-refractivity contribution in [1.29, 1.82) is 0 Å². The van der Waals surface area contributed by atoms with Crippen LogP contribution in [-0.4, -0.2) is 41.3 Å². The number of aryl methyl sites for hydroxylation is 2. The van der Waals surface area contributed by atoms with E-state index in [0.29, 0.717) is 5.39 Å². The number of benzene rings is 1. The minimum Gasteiger partial charge on any atom is -0.373 e. The molecule has 26 heavy (non-hydrogen) atoms. The highest BCUT2D eigenvalue weighted by Gasteiger charge is 2.24. The standard InChI is InChI=1S/C21H28F2N2O/c1-14-12-24(13-15(2)26-14)8-5-9-25-19-7-4-3-6-17(19)21-18(23)10-16(22)11-20(21)25/h10-11,14-15H,3-9,12-13H2,1-2H3. The van der Waals surface area contributed by atoms with Crippen molar-refractivity contribution in [2.45, 2.75) is 64.7 Å². The van der Waals surface area contributed by atoms with Crippen molar-refractivity contribution in [3.63, 3.8) is 0 Å². The minimum atomic E-state index is -0.484. The second kappa shape index (κ2) is 7.28. The molecule has 1 aliphatic carbocycles. The Morgan fingerprint density at radius 3 is 2.54 bits per heavy atom. The molecule has 0 bridgehead atoms. The first-order chi connectivity index (χ1) is 12.5. The lowest BCUT2D eigenvalue weighted by atomic mass is 9.95. The molecule has 1 aromatic carbocycles. The molecule has 2 heterocycles. The van der Waals surface area contributed by atoms with Gasteiger partial charge in [-0.15, -0.1) is 0 Å². The highest BCUT2D eigenvalue weighted by atomic mass is 19.1. The van der Waals surface area contributed by atoms with E-state index < -0.39 is 11.6 Å². The van der Waals surface area contributed by atoms with Crippen LogP contribution in [0.4, 0.5) is 8.78 Å². The molecule has 1 aromatic heterocycles. The first-order valence-electron chi connectivity index (χ1n) is 9.89. The molecule has 1 saturated heterocycles. The molecule has 2 unspecified atom stereocenters. The fourth-order valence-electron chi connectivity index (χ4n) is 4.85. The van der Waals surface area contributed by atoms with Gasteiger partial charge in [0.1, 0.15) is 11.6 Å². The van der Waals surface area contributed by atoms with Crippen LogP contribution in [0.15, 0.2) is 12.1 Å². The fraction of sp³-hybridized carbons (Fsp3) is 0.619. The number of morpholine rings is 1. The summed E-state index contributed by atoms with van der Waals surface area (Å²) in [5.41, 5.74) is 3.06. The van der Waals surface area contributed by atoms with Crippen molar-refractivity contribution < 1.29 is 13.5 Å². The lowest BCUT2D eigenvalue weighted by Crippen LogP contribution is -2.45. The van der Waals surface area contributed by atoms with Crippen LogP contribution in [-0.2, 0) is 24.1 Å². The van der Waals surface area contributed by atoms with Crippen LogP contribution in [0.1, 0.15) is 44.4 Å². The van der Waals surface area contributed by atoms with Gasteiger partial charge in [0.25, 0.3) is 0 Å². The van der Waals surface area contributed by atoms with E-state index >= 15 is 0 Å². The lowest BCUT2D eigenvalue weighted by Gasteiger charge is -2.35. The van der Waals surface area contributed by atoms with Crippen molar-refractivity contribution in [2.24, 2.45) is 0 Å². The summed E-state index contributed by atoms with van der Waals surface area (Å²) >= 11 is 0. The number of hydrogen-bond donors (Lipinski definition) is 0. The first kappa shape index (κ1) is 17.9. The molecule has 1 fully saturated rings. The predicted octanol–water partition coefficient (Wildman–Crippen LogP) is 4.30. The molecule has 4 rings (SSSR count). The number of ether oxygens (including phenoxy) is 1. The largest absolute Gasteiger partial charge is 0.373 e. The molecule has 2 atom stereocenters. The van der Waals surface area contributed by atoms with E-state index in [0.717, 1.165) is 75.4 Å². The average Bonchev–Trinajstić information content (AvgIpc) is 2.88. The molecule has 142 valence electrons. The average molecular weight is 362 g/mol. The van der Waals surface area contributed by atoms with E-state index in [9.17, 15) is 8.78 Å². The van der Waals surface area contributed by atoms with Crippen molar-refractivity contribution in [3.05, 3.63) is 35.0 Å². The zero-order valence-corrected chi connectivity index (χ0v) is 15.7. The molecule has 2 aliphatic rings. The minimum absolute atomic E-state index is 0.266. The van der Waals surface area contributed by atoms with Crippen molar-refractivity contribution in [1.82, 2.24) is 9.47 Å². The Morgan fingerprint density at radius 1 is 1.04 bits per heavy atom. The van der Waals surface area contributed by atoms with Crippen LogP contribution in [0.5, 0.6) is 0 Å². The molecular formula is C21H28F2N2O. The SMILES string of the molecule is CC1CN(CCCn2c3c(c4c(F)cc(F)cc42)CCCC3)CC(C)O1. The quantitative estimate of drug-likeness (QED) is 0.807. The van der Waals surface area contributed by atoms with Crippen LogP contribution in [0, 0.1) is 11.6 Å². The third kappa shape index (κ3) is 3.39. The second-order valence-electron chi connectivity index (χ2n) is 7.94. The number of nitrogens with zero attached hydrogens (tertiary/aromatic N) is 2. The van der Waals surface area contributed by atoms with E-state index in [1.165, 1.54) is 11.8 Å². The van der Waals surface area contributed by atoms with Gasteiger partial charge in [-0.1, -0.05) is 0 Å². The van der Waals surface area contributed by atoms with Gasteiger partial charge in [0.05, 0.1) is 17.7 Å². The second-order valence-corrected chi connectivity index (χ2v) is 7.94. The molecule has 0 N–H and O–H groups in total. The highest BCUT2D eigenvalue weighted by Crippen LogP contribution is 2.34. The Morgan fingerprint density at radius 2 is 1.77 bits per heavy atom. The summed E-state index contributed by atoms with van der Waals surface area (Å²) in [6.07, 6.45) is 5.60. The summed E-state index contributed by atoms with van der Waals surface area (Å²) in [6, 6.07) is 2.54. The molecule has 0 saturated carbocycles. The zero-order chi connectivity index (χ0) is 18.3. The van der Waals surface area contributed by atoms with E-state index in [2.05, 4.69) is 23.3 Å². The van der Waals surface area contributed by atoms with Crippen LogP contribution in [0.25, 0.3) is 10.9 Å². The first-order valence-corrected chi connectivity index (χ1v) is 9.89. The molecular weight excluding hydrogens is 334 g/mol. The van der Waals surface area contributed by atoms with Gasteiger partial charge < -0.3 is 9.30 Å². The van der Waals surface area contributed by atoms with E-state index in [1.54, 1.807) is 0 Å².